The summed E-state index contributed by atoms with van der Waals surface area (Å²) in [5.74, 6) is -0.979. The summed E-state index contributed by atoms with van der Waals surface area (Å²) in [6.45, 7) is 11.5. The quantitative estimate of drug-likeness (QED) is 0.316. The van der Waals surface area contributed by atoms with E-state index in [1.54, 1.807) is 6.08 Å². The van der Waals surface area contributed by atoms with Gasteiger partial charge in [-0.15, -0.1) is 0 Å². The highest BCUT2D eigenvalue weighted by molar-refractivity contribution is 9.11. The molecule has 2 aromatic rings. The van der Waals surface area contributed by atoms with Gasteiger partial charge in [-0.3, -0.25) is 0 Å². The molecule has 0 spiro atoms. The standard InChI is InChI=1S/C30H33BrO2/c1-21-9-13-24(14-10-21)23(7-6-8-25(31)20-28(32)33)15-11-22-12-16-26-27(19-22)30(4,5)18-17-29(26,2)3/h6-16,19-20H,17-18H2,1-5H3,(H,32,33)/b8-6+,15-11+,23-7-,25-20-. The van der Waals surface area contributed by atoms with Crippen LogP contribution in [0, 0.1) is 6.92 Å². The summed E-state index contributed by atoms with van der Waals surface area (Å²) < 4.78 is 0.512. The predicted molar refractivity (Wildman–Crippen MR) is 144 cm³/mol. The van der Waals surface area contributed by atoms with Crippen LogP contribution in [0.25, 0.3) is 11.6 Å². The molecule has 1 aliphatic rings. The SMILES string of the molecule is Cc1ccc(C(=C\C=C\C(Br)=C\C(=O)O)/C=C/c2ccc3c(c2)C(C)(C)CCC3(C)C)cc1. The zero-order chi connectivity index (χ0) is 24.2. The zero-order valence-corrected chi connectivity index (χ0v) is 21.7. The van der Waals surface area contributed by atoms with Gasteiger partial charge in [-0.2, -0.15) is 0 Å². The Morgan fingerprint density at radius 3 is 2.21 bits per heavy atom. The monoisotopic (exact) mass is 504 g/mol. The number of rotatable bonds is 6. The van der Waals surface area contributed by atoms with Crippen LogP contribution in [0.5, 0.6) is 0 Å². The first-order valence-corrected chi connectivity index (χ1v) is 12.2. The molecule has 0 aliphatic heterocycles. The van der Waals surface area contributed by atoms with Crippen LogP contribution in [0.3, 0.4) is 0 Å². The highest BCUT2D eigenvalue weighted by Crippen LogP contribution is 2.46. The second kappa shape index (κ2) is 10.1. The maximum atomic E-state index is 10.8. The van der Waals surface area contributed by atoms with Gasteiger partial charge in [0.05, 0.1) is 0 Å². The summed E-state index contributed by atoms with van der Waals surface area (Å²) in [6, 6.07) is 15.3. The van der Waals surface area contributed by atoms with E-state index < -0.39 is 5.97 Å². The van der Waals surface area contributed by atoms with Gasteiger partial charge in [0.1, 0.15) is 0 Å². The topological polar surface area (TPSA) is 37.3 Å². The Labute approximate surface area is 206 Å². The van der Waals surface area contributed by atoms with E-state index in [9.17, 15) is 4.79 Å². The molecule has 2 aromatic carbocycles. The molecule has 0 fully saturated rings. The van der Waals surface area contributed by atoms with Crippen molar-refractivity contribution in [1.82, 2.24) is 0 Å². The van der Waals surface area contributed by atoms with E-state index in [-0.39, 0.29) is 10.8 Å². The van der Waals surface area contributed by atoms with Gasteiger partial charge in [0.15, 0.2) is 0 Å². The van der Waals surface area contributed by atoms with Gasteiger partial charge < -0.3 is 5.11 Å². The minimum Gasteiger partial charge on any atom is -0.478 e. The number of aliphatic carboxylic acids is 1. The van der Waals surface area contributed by atoms with Crippen molar-refractivity contribution in [3.8, 4) is 0 Å². The average Bonchev–Trinajstić information content (AvgIpc) is 2.74. The fourth-order valence-electron chi connectivity index (χ4n) is 4.30. The van der Waals surface area contributed by atoms with Crippen molar-refractivity contribution in [2.75, 3.05) is 0 Å². The number of carboxylic acids is 1. The molecule has 0 bridgehead atoms. The number of halogens is 1. The van der Waals surface area contributed by atoms with Gasteiger partial charge in [-0.25, -0.2) is 4.79 Å². The van der Waals surface area contributed by atoms with E-state index >= 15 is 0 Å². The molecule has 172 valence electrons. The molecule has 33 heavy (non-hydrogen) atoms. The number of carbonyl (C=O) groups is 1. The first-order valence-electron chi connectivity index (χ1n) is 11.4. The van der Waals surface area contributed by atoms with Crippen molar-refractivity contribution >= 4 is 33.5 Å². The van der Waals surface area contributed by atoms with Gasteiger partial charge in [0.2, 0.25) is 0 Å². The van der Waals surface area contributed by atoms with Gasteiger partial charge in [-0.05, 0) is 64.5 Å². The average molecular weight is 505 g/mol. The normalized spacial score (nSPS) is 18.0. The van der Waals surface area contributed by atoms with Crippen LogP contribution in [0.4, 0.5) is 0 Å². The molecule has 2 nitrogen and oxygen atoms in total. The molecule has 0 radical (unpaired) electrons. The molecular formula is C30H33BrO2. The molecule has 0 amide bonds. The van der Waals surface area contributed by atoms with Crippen molar-refractivity contribution in [3.05, 3.63) is 105 Å². The Bertz CT molecular complexity index is 1140. The fraction of sp³-hybridized carbons (Fsp3) is 0.300. The van der Waals surface area contributed by atoms with Crippen LogP contribution in [0.1, 0.15) is 68.4 Å². The number of fused-ring (bicyclic) bond motifs is 1. The van der Waals surface area contributed by atoms with E-state index in [4.69, 9.17) is 5.11 Å². The molecule has 0 saturated carbocycles. The predicted octanol–water partition coefficient (Wildman–Crippen LogP) is 8.36. The third-order valence-electron chi connectivity index (χ3n) is 6.51. The van der Waals surface area contributed by atoms with Crippen molar-refractivity contribution in [2.45, 2.75) is 58.3 Å². The van der Waals surface area contributed by atoms with E-state index in [1.807, 2.05) is 12.2 Å². The third kappa shape index (κ3) is 6.45. The molecule has 0 heterocycles. The Morgan fingerprint density at radius 2 is 1.58 bits per heavy atom. The van der Waals surface area contributed by atoms with Crippen LogP contribution < -0.4 is 0 Å². The lowest BCUT2D eigenvalue weighted by atomic mass is 9.63. The van der Waals surface area contributed by atoms with Crippen molar-refractivity contribution in [2.24, 2.45) is 0 Å². The van der Waals surface area contributed by atoms with Crippen LogP contribution in [-0.4, -0.2) is 11.1 Å². The van der Waals surface area contributed by atoms with Crippen LogP contribution in [-0.2, 0) is 15.6 Å². The van der Waals surface area contributed by atoms with Crippen LogP contribution >= 0.6 is 15.9 Å². The molecule has 3 rings (SSSR count). The zero-order valence-electron chi connectivity index (χ0n) is 20.2. The second-order valence-electron chi connectivity index (χ2n) is 10.1. The van der Waals surface area contributed by atoms with E-state index in [2.05, 4.69) is 105 Å². The molecule has 0 aromatic heterocycles. The Balaban J connectivity index is 1.97. The van der Waals surface area contributed by atoms with Crippen LogP contribution in [0.15, 0.2) is 77.3 Å². The lowest BCUT2D eigenvalue weighted by Crippen LogP contribution is -2.33. The largest absolute Gasteiger partial charge is 0.478 e. The number of hydrogen-bond acceptors (Lipinski definition) is 1. The Hall–Kier alpha value is -2.65. The van der Waals surface area contributed by atoms with Gasteiger partial charge in [0.25, 0.3) is 0 Å². The van der Waals surface area contributed by atoms with Crippen molar-refractivity contribution < 1.29 is 9.90 Å². The number of allylic oxidation sites excluding steroid dienone is 6. The second-order valence-corrected chi connectivity index (χ2v) is 11.0. The van der Waals surface area contributed by atoms with Gasteiger partial charge >= 0.3 is 5.97 Å². The molecule has 0 saturated heterocycles. The summed E-state index contributed by atoms with van der Waals surface area (Å²) in [4.78, 5) is 10.8. The molecule has 1 N–H and O–H groups in total. The number of aryl methyl sites for hydroxylation is 1. The number of hydrogen-bond donors (Lipinski definition) is 1. The molecule has 1 aliphatic carbocycles. The summed E-state index contributed by atoms with van der Waals surface area (Å²) >= 11 is 3.27. The maximum absolute atomic E-state index is 10.8. The molecule has 0 atom stereocenters. The smallest absolute Gasteiger partial charge is 0.329 e. The minimum absolute atomic E-state index is 0.176. The van der Waals surface area contributed by atoms with Gasteiger partial charge in [-0.1, -0.05) is 116 Å². The van der Waals surface area contributed by atoms with Gasteiger partial charge in [0, 0.05) is 10.6 Å². The lowest BCUT2D eigenvalue weighted by molar-refractivity contribution is -0.131. The summed E-state index contributed by atoms with van der Waals surface area (Å²) in [7, 11) is 0. The first-order chi connectivity index (χ1) is 15.5. The summed E-state index contributed by atoms with van der Waals surface area (Å²) in [5.41, 5.74) is 7.86. The first kappa shape index (κ1) is 25.0. The molecular weight excluding hydrogens is 472 g/mol. The van der Waals surface area contributed by atoms with E-state index in [1.165, 1.54) is 35.1 Å². The Kier molecular flexibility index (Phi) is 7.64. The maximum Gasteiger partial charge on any atom is 0.329 e. The third-order valence-corrected chi connectivity index (χ3v) is 7.00. The van der Waals surface area contributed by atoms with Crippen molar-refractivity contribution in [1.29, 1.82) is 0 Å². The fourth-order valence-corrected chi connectivity index (χ4v) is 4.65. The highest BCUT2D eigenvalue weighted by Gasteiger charge is 2.36. The van der Waals surface area contributed by atoms with Crippen LogP contribution in [0.2, 0.25) is 0 Å². The molecule has 0 unspecified atom stereocenters. The number of benzene rings is 2. The Morgan fingerprint density at radius 1 is 0.939 bits per heavy atom. The number of carboxylic acid groups (broad SMARTS) is 1. The van der Waals surface area contributed by atoms with E-state index in [0.29, 0.717) is 4.48 Å². The van der Waals surface area contributed by atoms with E-state index in [0.717, 1.165) is 17.2 Å². The highest BCUT2D eigenvalue weighted by atomic mass is 79.9. The molecule has 3 heteroatoms. The van der Waals surface area contributed by atoms with Crippen molar-refractivity contribution in [3.63, 3.8) is 0 Å². The minimum atomic E-state index is -0.979. The summed E-state index contributed by atoms with van der Waals surface area (Å²) in [5, 5.41) is 8.89. The lowest BCUT2D eigenvalue weighted by Gasteiger charge is -2.42. The summed E-state index contributed by atoms with van der Waals surface area (Å²) in [6.07, 6.45) is 13.4.